The molecule has 0 N–H and O–H groups in total. The average molecular weight is 327 g/mol. The zero-order valence-electron chi connectivity index (χ0n) is 14.8. The lowest BCUT2D eigenvalue weighted by Gasteiger charge is -2.05. The fourth-order valence-electron chi connectivity index (χ4n) is 3.47. The van der Waals surface area contributed by atoms with Crippen molar-refractivity contribution in [1.29, 1.82) is 0 Å². The Hall–Kier alpha value is -2.87. The SMILES string of the molecule is CCc1ccc(C(=O)c2c3cc(C)c(C)cc3c3ccccn23)cc1. The Kier molecular flexibility index (Phi) is 3.69. The zero-order valence-corrected chi connectivity index (χ0v) is 14.8. The Morgan fingerprint density at radius 3 is 2.28 bits per heavy atom. The lowest BCUT2D eigenvalue weighted by atomic mass is 10.00. The van der Waals surface area contributed by atoms with Crippen LogP contribution in [0.1, 0.15) is 39.7 Å². The van der Waals surface area contributed by atoms with Crippen molar-refractivity contribution < 1.29 is 4.79 Å². The fourth-order valence-corrected chi connectivity index (χ4v) is 3.47. The van der Waals surface area contributed by atoms with E-state index in [9.17, 15) is 4.79 Å². The third-order valence-electron chi connectivity index (χ3n) is 5.11. The molecule has 0 radical (unpaired) electrons. The number of ketones is 1. The van der Waals surface area contributed by atoms with E-state index in [4.69, 9.17) is 0 Å². The highest BCUT2D eigenvalue weighted by Gasteiger charge is 2.19. The van der Waals surface area contributed by atoms with Crippen molar-refractivity contribution in [2.45, 2.75) is 27.2 Å². The topological polar surface area (TPSA) is 21.5 Å². The molecule has 0 amide bonds. The first-order chi connectivity index (χ1) is 12.1. The quantitative estimate of drug-likeness (QED) is 0.455. The van der Waals surface area contributed by atoms with E-state index >= 15 is 0 Å². The van der Waals surface area contributed by atoms with Crippen LogP contribution in [0.2, 0.25) is 0 Å². The Bertz CT molecular complexity index is 1100. The molecule has 0 saturated carbocycles. The van der Waals surface area contributed by atoms with Crippen molar-refractivity contribution in [1.82, 2.24) is 4.40 Å². The number of rotatable bonds is 3. The van der Waals surface area contributed by atoms with E-state index in [1.54, 1.807) is 0 Å². The van der Waals surface area contributed by atoms with E-state index < -0.39 is 0 Å². The van der Waals surface area contributed by atoms with E-state index in [0.29, 0.717) is 0 Å². The van der Waals surface area contributed by atoms with Gasteiger partial charge in [0.05, 0.1) is 5.52 Å². The number of benzene rings is 2. The van der Waals surface area contributed by atoms with Gasteiger partial charge in [-0.3, -0.25) is 4.79 Å². The number of fused-ring (bicyclic) bond motifs is 3. The van der Waals surface area contributed by atoms with Crippen LogP contribution in [0.5, 0.6) is 0 Å². The molecule has 4 aromatic rings. The molecular formula is C23H21NO. The molecule has 0 atom stereocenters. The standard InChI is InChI=1S/C23H21NO/c1-4-17-8-10-18(11-9-17)23(25)22-20-14-16(3)15(2)13-19(20)21-7-5-6-12-24(21)22/h5-14H,4H2,1-3H3. The first kappa shape index (κ1) is 15.6. The number of carbonyl (C=O) groups excluding carboxylic acids is 1. The predicted octanol–water partition coefficient (Wildman–Crippen LogP) is 5.50. The van der Waals surface area contributed by atoms with Crippen LogP contribution in [0.25, 0.3) is 16.3 Å². The lowest BCUT2D eigenvalue weighted by molar-refractivity contribution is 0.103. The number of aryl methyl sites for hydroxylation is 3. The highest BCUT2D eigenvalue weighted by Crippen LogP contribution is 2.31. The van der Waals surface area contributed by atoms with Gasteiger partial charge in [-0.15, -0.1) is 0 Å². The van der Waals surface area contributed by atoms with Gasteiger partial charge in [0.15, 0.2) is 0 Å². The van der Waals surface area contributed by atoms with Crippen molar-refractivity contribution in [2.24, 2.45) is 0 Å². The molecule has 0 aliphatic rings. The Morgan fingerprint density at radius 2 is 1.60 bits per heavy atom. The van der Waals surface area contributed by atoms with Crippen molar-refractivity contribution in [3.63, 3.8) is 0 Å². The predicted molar refractivity (Wildman–Crippen MR) is 104 cm³/mol. The van der Waals surface area contributed by atoms with Gasteiger partial charge in [0.25, 0.3) is 0 Å². The molecule has 0 fully saturated rings. The number of hydrogen-bond donors (Lipinski definition) is 0. The average Bonchev–Trinajstić information content (AvgIpc) is 2.95. The van der Waals surface area contributed by atoms with Gasteiger partial charge in [-0.05, 0) is 61.2 Å². The molecule has 2 heteroatoms. The van der Waals surface area contributed by atoms with Gasteiger partial charge in [0.1, 0.15) is 5.69 Å². The van der Waals surface area contributed by atoms with Crippen LogP contribution >= 0.6 is 0 Å². The molecular weight excluding hydrogens is 306 g/mol. The van der Waals surface area contributed by atoms with E-state index in [0.717, 1.165) is 34.0 Å². The Morgan fingerprint density at radius 1 is 0.920 bits per heavy atom. The number of aromatic nitrogens is 1. The van der Waals surface area contributed by atoms with E-state index in [1.807, 2.05) is 47.0 Å². The van der Waals surface area contributed by atoms with Gasteiger partial charge in [-0.1, -0.05) is 37.3 Å². The summed E-state index contributed by atoms with van der Waals surface area (Å²) in [6, 6.07) is 18.4. The molecule has 0 unspecified atom stereocenters. The maximum Gasteiger partial charge on any atom is 0.210 e. The summed E-state index contributed by atoms with van der Waals surface area (Å²) in [5, 5.41) is 2.16. The molecule has 25 heavy (non-hydrogen) atoms. The first-order valence-electron chi connectivity index (χ1n) is 8.73. The van der Waals surface area contributed by atoms with Crippen LogP contribution in [0.15, 0.2) is 60.8 Å². The third kappa shape index (κ3) is 2.45. The minimum Gasteiger partial charge on any atom is -0.313 e. The molecule has 2 heterocycles. The highest BCUT2D eigenvalue weighted by atomic mass is 16.1. The normalized spacial score (nSPS) is 11.3. The minimum absolute atomic E-state index is 0.0714. The van der Waals surface area contributed by atoms with Crippen molar-refractivity contribution in [2.75, 3.05) is 0 Å². The summed E-state index contributed by atoms with van der Waals surface area (Å²) in [7, 11) is 0. The maximum absolute atomic E-state index is 13.3. The highest BCUT2D eigenvalue weighted by molar-refractivity contribution is 6.19. The fraction of sp³-hybridized carbons (Fsp3) is 0.174. The molecule has 0 aliphatic carbocycles. The molecule has 2 aromatic heterocycles. The summed E-state index contributed by atoms with van der Waals surface area (Å²) in [5.41, 5.74) is 6.26. The molecule has 124 valence electrons. The summed E-state index contributed by atoms with van der Waals surface area (Å²) in [6.07, 6.45) is 2.96. The van der Waals surface area contributed by atoms with Crippen LogP contribution < -0.4 is 0 Å². The maximum atomic E-state index is 13.3. The van der Waals surface area contributed by atoms with Crippen molar-refractivity contribution in [3.05, 3.63) is 88.7 Å². The second-order valence-electron chi connectivity index (χ2n) is 6.67. The molecule has 0 aliphatic heterocycles. The number of nitrogens with zero attached hydrogens (tertiary/aromatic N) is 1. The second-order valence-corrected chi connectivity index (χ2v) is 6.67. The first-order valence-corrected chi connectivity index (χ1v) is 8.73. The molecule has 2 nitrogen and oxygen atoms in total. The Balaban J connectivity index is 2.01. The molecule has 0 bridgehead atoms. The summed E-state index contributed by atoms with van der Waals surface area (Å²) < 4.78 is 2.03. The summed E-state index contributed by atoms with van der Waals surface area (Å²) in [4.78, 5) is 13.3. The van der Waals surface area contributed by atoms with Crippen LogP contribution in [0.4, 0.5) is 0 Å². The largest absolute Gasteiger partial charge is 0.313 e. The van der Waals surface area contributed by atoms with E-state index in [1.165, 1.54) is 16.7 Å². The number of hydrogen-bond acceptors (Lipinski definition) is 1. The van der Waals surface area contributed by atoms with Gasteiger partial charge in [0.2, 0.25) is 5.78 Å². The smallest absolute Gasteiger partial charge is 0.210 e. The number of carbonyl (C=O) groups is 1. The number of pyridine rings is 1. The zero-order chi connectivity index (χ0) is 17.6. The lowest BCUT2D eigenvalue weighted by Crippen LogP contribution is -2.05. The molecule has 0 saturated heterocycles. The van der Waals surface area contributed by atoms with Crippen LogP contribution in [-0.4, -0.2) is 10.2 Å². The Labute approximate surface area is 147 Å². The summed E-state index contributed by atoms with van der Waals surface area (Å²) in [6.45, 7) is 6.34. The van der Waals surface area contributed by atoms with Crippen LogP contribution in [-0.2, 0) is 6.42 Å². The second kappa shape index (κ2) is 5.89. The van der Waals surface area contributed by atoms with Gasteiger partial charge >= 0.3 is 0 Å². The van der Waals surface area contributed by atoms with Gasteiger partial charge in [0, 0.05) is 22.5 Å². The van der Waals surface area contributed by atoms with Gasteiger partial charge in [-0.25, -0.2) is 0 Å². The van der Waals surface area contributed by atoms with Crippen LogP contribution in [0.3, 0.4) is 0 Å². The molecule has 0 spiro atoms. The van der Waals surface area contributed by atoms with Crippen LogP contribution in [0, 0.1) is 13.8 Å². The summed E-state index contributed by atoms with van der Waals surface area (Å²) >= 11 is 0. The van der Waals surface area contributed by atoms with Gasteiger partial charge in [-0.2, -0.15) is 0 Å². The van der Waals surface area contributed by atoms with Gasteiger partial charge < -0.3 is 4.40 Å². The molecule has 2 aromatic carbocycles. The monoisotopic (exact) mass is 327 g/mol. The molecule has 4 rings (SSSR count). The van der Waals surface area contributed by atoms with E-state index in [-0.39, 0.29) is 5.78 Å². The van der Waals surface area contributed by atoms with Crippen molar-refractivity contribution >= 4 is 22.1 Å². The minimum atomic E-state index is 0.0714. The third-order valence-corrected chi connectivity index (χ3v) is 5.11. The summed E-state index contributed by atoms with van der Waals surface area (Å²) in [5.74, 6) is 0.0714. The van der Waals surface area contributed by atoms with E-state index in [2.05, 4.69) is 39.0 Å². The van der Waals surface area contributed by atoms with Crippen molar-refractivity contribution in [3.8, 4) is 0 Å².